The van der Waals surface area contributed by atoms with Gasteiger partial charge in [0.2, 0.25) is 5.95 Å². The van der Waals surface area contributed by atoms with Crippen LogP contribution in [0.4, 0.5) is 5.95 Å². The van der Waals surface area contributed by atoms with E-state index in [1.807, 2.05) is 25.1 Å². The van der Waals surface area contributed by atoms with Crippen LogP contribution < -0.4 is 5.73 Å². The van der Waals surface area contributed by atoms with Gasteiger partial charge in [-0.15, -0.1) is 0 Å². The van der Waals surface area contributed by atoms with Gasteiger partial charge < -0.3 is 15.5 Å². The number of fused-ring (bicyclic) bond motifs is 1. The number of nitrogens with two attached hydrogens (primary N) is 1. The second-order valence-corrected chi connectivity index (χ2v) is 7.74. The molecule has 2 fully saturated rings. The highest BCUT2D eigenvalue weighted by Crippen LogP contribution is 2.42. The lowest BCUT2D eigenvalue weighted by Crippen LogP contribution is -2.45. The van der Waals surface area contributed by atoms with Gasteiger partial charge in [-0.25, -0.2) is 9.97 Å². The van der Waals surface area contributed by atoms with Gasteiger partial charge in [0, 0.05) is 17.8 Å². The number of anilines is 1. The predicted molar refractivity (Wildman–Crippen MR) is 105 cm³/mol. The molecule has 2 aliphatic heterocycles. The zero-order valence-electron chi connectivity index (χ0n) is 16.0. The van der Waals surface area contributed by atoms with Gasteiger partial charge in [0.25, 0.3) is 5.91 Å². The second-order valence-electron chi connectivity index (χ2n) is 7.74. The molecule has 2 aliphatic rings. The van der Waals surface area contributed by atoms with Crippen LogP contribution in [0.2, 0.25) is 0 Å². The smallest absolute Gasteiger partial charge is 0.273 e. The Hall–Kier alpha value is -2.47. The van der Waals surface area contributed by atoms with Crippen molar-refractivity contribution in [3.8, 4) is 0 Å². The van der Waals surface area contributed by atoms with Crippen molar-refractivity contribution in [3.63, 3.8) is 0 Å². The molecule has 27 heavy (non-hydrogen) atoms. The monoisotopic (exact) mass is 365 g/mol. The second kappa shape index (κ2) is 7.27. The molecule has 2 saturated heterocycles. The number of likely N-dealkylation sites (tertiary alicyclic amines) is 2. The van der Waals surface area contributed by atoms with Crippen LogP contribution in [0, 0.1) is 6.92 Å². The number of hydrogen-bond donors (Lipinski definition) is 1. The van der Waals surface area contributed by atoms with Gasteiger partial charge in [-0.05, 0) is 51.4 Å². The number of amides is 1. The van der Waals surface area contributed by atoms with Gasteiger partial charge in [0.15, 0.2) is 0 Å². The summed E-state index contributed by atoms with van der Waals surface area (Å²) >= 11 is 0. The molecule has 6 nitrogen and oxygen atoms in total. The number of likely N-dealkylation sites (N-methyl/N-ethyl adjacent to an activating group) is 1. The van der Waals surface area contributed by atoms with Crippen LogP contribution in [0.1, 0.15) is 53.5 Å². The van der Waals surface area contributed by atoms with E-state index in [1.165, 1.54) is 12.0 Å². The van der Waals surface area contributed by atoms with E-state index >= 15 is 0 Å². The maximum Gasteiger partial charge on any atom is 0.273 e. The topological polar surface area (TPSA) is 75.4 Å². The molecule has 0 unspecified atom stereocenters. The first kappa shape index (κ1) is 17.9. The SMILES string of the molecule is Cc1cc(C(=O)N2[C@H](c3ccccc3)C[C@@H]3[C@@H]2CCCCN3C)nc(N)n1. The van der Waals surface area contributed by atoms with Crippen molar-refractivity contribution in [2.45, 2.75) is 50.7 Å². The van der Waals surface area contributed by atoms with Crippen molar-refractivity contribution in [2.75, 3.05) is 19.3 Å². The molecule has 1 aromatic carbocycles. The number of nitrogens with zero attached hydrogens (tertiary/aromatic N) is 4. The van der Waals surface area contributed by atoms with Gasteiger partial charge in [-0.3, -0.25) is 4.79 Å². The predicted octanol–water partition coefficient (Wildman–Crippen LogP) is 2.81. The molecule has 4 rings (SSSR count). The number of aryl methyl sites for hydroxylation is 1. The molecule has 1 aromatic heterocycles. The lowest BCUT2D eigenvalue weighted by molar-refractivity contribution is 0.0626. The molecule has 0 aliphatic carbocycles. The van der Waals surface area contributed by atoms with Gasteiger partial charge in [0.05, 0.1) is 6.04 Å². The Morgan fingerprint density at radius 2 is 1.93 bits per heavy atom. The fourth-order valence-corrected chi connectivity index (χ4v) is 4.70. The van der Waals surface area contributed by atoms with E-state index in [1.54, 1.807) is 6.07 Å². The molecule has 0 bridgehead atoms. The highest BCUT2D eigenvalue weighted by molar-refractivity contribution is 5.93. The summed E-state index contributed by atoms with van der Waals surface area (Å²) in [5.41, 5.74) is 8.12. The van der Waals surface area contributed by atoms with E-state index in [4.69, 9.17) is 5.73 Å². The van der Waals surface area contributed by atoms with Crippen molar-refractivity contribution in [1.29, 1.82) is 0 Å². The van der Waals surface area contributed by atoms with Gasteiger partial charge in [-0.1, -0.05) is 36.8 Å². The van der Waals surface area contributed by atoms with Crippen LogP contribution in [0.3, 0.4) is 0 Å². The third-order valence-electron chi connectivity index (χ3n) is 5.94. The Bertz CT molecular complexity index is 804. The number of rotatable bonds is 2. The normalized spacial score (nSPS) is 25.9. The minimum Gasteiger partial charge on any atom is -0.368 e. The fourth-order valence-electron chi connectivity index (χ4n) is 4.70. The van der Waals surface area contributed by atoms with Crippen molar-refractivity contribution in [2.24, 2.45) is 0 Å². The summed E-state index contributed by atoms with van der Waals surface area (Å²) in [4.78, 5) is 26.4. The number of hydrogen-bond acceptors (Lipinski definition) is 5. The van der Waals surface area contributed by atoms with Crippen molar-refractivity contribution in [1.82, 2.24) is 19.8 Å². The average molecular weight is 365 g/mol. The third-order valence-corrected chi connectivity index (χ3v) is 5.94. The van der Waals surface area contributed by atoms with Crippen molar-refractivity contribution >= 4 is 11.9 Å². The number of nitrogen functional groups attached to an aromatic ring is 1. The maximum atomic E-state index is 13.6. The van der Waals surface area contributed by atoms with E-state index in [-0.39, 0.29) is 23.9 Å². The molecule has 0 radical (unpaired) electrons. The number of aromatic nitrogens is 2. The molecule has 2 N–H and O–H groups in total. The molecule has 0 spiro atoms. The van der Waals surface area contributed by atoms with Gasteiger partial charge in [0.1, 0.15) is 5.69 Å². The lowest BCUT2D eigenvalue weighted by atomic mass is 10.0. The molecule has 142 valence electrons. The van der Waals surface area contributed by atoms with E-state index in [9.17, 15) is 4.79 Å². The summed E-state index contributed by atoms with van der Waals surface area (Å²) in [6, 6.07) is 12.7. The van der Waals surface area contributed by atoms with Crippen LogP contribution in [0.5, 0.6) is 0 Å². The summed E-state index contributed by atoms with van der Waals surface area (Å²) in [6.07, 6.45) is 4.31. The van der Waals surface area contributed by atoms with E-state index in [2.05, 4.69) is 38.9 Å². The van der Waals surface area contributed by atoms with E-state index < -0.39 is 0 Å². The average Bonchev–Trinajstić information content (AvgIpc) is 2.94. The number of benzene rings is 1. The lowest BCUT2D eigenvalue weighted by Gasteiger charge is -2.32. The summed E-state index contributed by atoms with van der Waals surface area (Å²) in [5.74, 6) is 0.118. The number of carbonyl (C=O) groups is 1. The molecule has 3 atom stereocenters. The van der Waals surface area contributed by atoms with Crippen LogP contribution in [-0.4, -0.2) is 51.4 Å². The highest BCUT2D eigenvalue weighted by atomic mass is 16.2. The summed E-state index contributed by atoms with van der Waals surface area (Å²) in [5, 5.41) is 0. The Kier molecular flexibility index (Phi) is 4.83. The first-order valence-electron chi connectivity index (χ1n) is 9.73. The van der Waals surface area contributed by atoms with E-state index in [0.717, 1.165) is 31.5 Å². The van der Waals surface area contributed by atoms with Crippen molar-refractivity contribution < 1.29 is 4.79 Å². The quantitative estimate of drug-likeness (QED) is 0.886. The minimum absolute atomic E-state index is 0.0381. The molecule has 1 amide bonds. The Morgan fingerprint density at radius 1 is 1.15 bits per heavy atom. The van der Waals surface area contributed by atoms with Gasteiger partial charge in [-0.2, -0.15) is 0 Å². The van der Waals surface area contributed by atoms with Crippen LogP contribution in [-0.2, 0) is 0 Å². The standard InChI is InChI=1S/C21H27N5O/c1-14-12-16(24-21(22)23-14)20(27)26-17-10-6-7-11-25(2)19(17)13-18(26)15-8-4-3-5-9-15/h3-5,8-9,12,17-19H,6-7,10-11,13H2,1-2H3,(H2,22,23,24)/t17-,18-,19+/m0/s1. The Labute approximate surface area is 160 Å². The van der Waals surface area contributed by atoms with Gasteiger partial charge >= 0.3 is 0 Å². The highest BCUT2D eigenvalue weighted by Gasteiger charge is 2.46. The van der Waals surface area contributed by atoms with Crippen molar-refractivity contribution in [3.05, 3.63) is 53.3 Å². The zero-order valence-corrected chi connectivity index (χ0v) is 16.0. The minimum atomic E-state index is -0.0381. The molecule has 0 saturated carbocycles. The van der Waals surface area contributed by atoms with Crippen LogP contribution in [0.15, 0.2) is 36.4 Å². The Balaban J connectivity index is 1.75. The summed E-state index contributed by atoms with van der Waals surface area (Å²) in [7, 11) is 2.19. The molecule has 3 heterocycles. The third kappa shape index (κ3) is 3.41. The Morgan fingerprint density at radius 3 is 2.67 bits per heavy atom. The summed E-state index contributed by atoms with van der Waals surface area (Å²) in [6.45, 7) is 2.93. The van der Waals surface area contributed by atoms with Crippen LogP contribution >= 0.6 is 0 Å². The largest absolute Gasteiger partial charge is 0.368 e. The molecular weight excluding hydrogens is 338 g/mol. The fraction of sp³-hybridized carbons (Fsp3) is 0.476. The van der Waals surface area contributed by atoms with Crippen LogP contribution in [0.25, 0.3) is 0 Å². The first-order valence-corrected chi connectivity index (χ1v) is 9.73. The molecule has 6 heteroatoms. The zero-order chi connectivity index (χ0) is 19.0. The van der Waals surface area contributed by atoms with E-state index in [0.29, 0.717) is 11.7 Å². The first-order chi connectivity index (χ1) is 13.0. The number of carbonyl (C=O) groups excluding carboxylic acids is 1. The summed E-state index contributed by atoms with van der Waals surface area (Å²) < 4.78 is 0. The molecule has 2 aromatic rings. The molecular formula is C21H27N5O. The maximum absolute atomic E-state index is 13.6.